The second-order valence-corrected chi connectivity index (χ2v) is 5.01. The van der Waals surface area contributed by atoms with Crippen molar-refractivity contribution >= 4 is 11.9 Å². The van der Waals surface area contributed by atoms with Gasteiger partial charge in [0.2, 0.25) is 5.91 Å². The fraction of sp³-hybridized carbons (Fsp3) is 0.500. The third-order valence-electron chi connectivity index (χ3n) is 3.26. The van der Waals surface area contributed by atoms with E-state index in [0.29, 0.717) is 17.9 Å². The molecule has 0 bridgehead atoms. The van der Waals surface area contributed by atoms with E-state index in [-0.39, 0.29) is 0 Å². The van der Waals surface area contributed by atoms with Crippen LogP contribution in [-0.2, 0) is 9.59 Å². The quantitative estimate of drug-likeness (QED) is 0.659. The smallest absolute Gasteiger partial charge is 0.225 e. The van der Waals surface area contributed by atoms with Crippen LogP contribution < -0.4 is 15.6 Å². The van der Waals surface area contributed by atoms with Gasteiger partial charge in [-0.2, -0.15) is 0 Å². The number of hydrogen-bond donors (Lipinski definition) is 1. The second kappa shape index (κ2) is 9.00. The van der Waals surface area contributed by atoms with Gasteiger partial charge in [0.25, 0.3) is 0 Å². The number of aliphatic carboxylic acids is 1. The summed E-state index contributed by atoms with van der Waals surface area (Å²) in [5.41, 5.74) is 5.78. The molecule has 0 aliphatic heterocycles. The lowest BCUT2D eigenvalue weighted by molar-refractivity contribution is -0.306. The van der Waals surface area contributed by atoms with Crippen molar-refractivity contribution in [1.82, 2.24) is 0 Å². The number of carboxylic acids is 1. The van der Waals surface area contributed by atoms with Gasteiger partial charge in [-0.25, -0.2) is 0 Å². The van der Waals surface area contributed by atoms with E-state index in [1.807, 2.05) is 0 Å². The van der Waals surface area contributed by atoms with Crippen LogP contribution in [0.3, 0.4) is 0 Å². The predicted molar refractivity (Wildman–Crippen MR) is 77.6 cm³/mol. The van der Waals surface area contributed by atoms with Crippen molar-refractivity contribution in [1.29, 1.82) is 0 Å². The molecule has 0 radical (unpaired) electrons. The first-order chi connectivity index (χ1) is 10.0. The topological polar surface area (TPSA) is 92.4 Å². The third kappa shape index (κ3) is 6.29. The van der Waals surface area contributed by atoms with Crippen molar-refractivity contribution < 1.29 is 19.4 Å². The highest BCUT2D eigenvalue weighted by Gasteiger charge is 2.18. The van der Waals surface area contributed by atoms with Crippen molar-refractivity contribution in [3.8, 4) is 5.75 Å². The summed E-state index contributed by atoms with van der Waals surface area (Å²) in [5, 5.41) is 10.6. The summed E-state index contributed by atoms with van der Waals surface area (Å²) in [7, 11) is 0. The Labute approximate surface area is 125 Å². The number of unbranched alkanes of at least 4 members (excludes halogenated alkanes) is 3. The number of carboxylic acid groups (broad SMARTS) is 1. The van der Waals surface area contributed by atoms with Gasteiger partial charge in [0, 0.05) is 12.4 Å². The molecule has 0 saturated heterocycles. The molecule has 1 amide bonds. The largest absolute Gasteiger partial charge is 0.550 e. The number of ether oxygens (including phenoxy) is 1. The van der Waals surface area contributed by atoms with Gasteiger partial charge in [0.15, 0.2) is 0 Å². The zero-order valence-corrected chi connectivity index (χ0v) is 12.3. The normalized spacial score (nSPS) is 11.9. The van der Waals surface area contributed by atoms with E-state index in [0.717, 1.165) is 12.8 Å². The van der Waals surface area contributed by atoms with E-state index < -0.39 is 24.2 Å². The summed E-state index contributed by atoms with van der Waals surface area (Å²) in [6, 6.07) is 6.78. The number of primary amides is 1. The van der Waals surface area contributed by atoms with Crippen LogP contribution in [0, 0.1) is 0 Å². The first-order valence-corrected chi connectivity index (χ1v) is 7.26. The van der Waals surface area contributed by atoms with Crippen LogP contribution in [0.4, 0.5) is 0 Å². The lowest BCUT2D eigenvalue weighted by Crippen LogP contribution is -2.30. The zero-order valence-electron chi connectivity index (χ0n) is 12.3. The summed E-state index contributed by atoms with van der Waals surface area (Å²) in [6.45, 7) is 2.80. The molecule has 0 fully saturated rings. The summed E-state index contributed by atoms with van der Waals surface area (Å²) >= 11 is 0. The molecular formula is C16H22NO4-. The van der Waals surface area contributed by atoms with Crippen LogP contribution >= 0.6 is 0 Å². The van der Waals surface area contributed by atoms with Gasteiger partial charge < -0.3 is 20.4 Å². The lowest BCUT2D eigenvalue weighted by atomic mass is 9.95. The Morgan fingerprint density at radius 1 is 1.19 bits per heavy atom. The van der Waals surface area contributed by atoms with Crippen molar-refractivity contribution in [2.24, 2.45) is 5.73 Å². The number of carbonyl (C=O) groups is 2. The maximum absolute atomic E-state index is 11.3. The van der Waals surface area contributed by atoms with Gasteiger partial charge >= 0.3 is 0 Å². The maximum Gasteiger partial charge on any atom is 0.225 e. The molecule has 0 aliphatic rings. The Balaban J connectivity index is 2.55. The number of rotatable bonds is 10. The molecule has 0 aromatic heterocycles. The third-order valence-corrected chi connectivity index (χ3v) is 3.26. The molecule has 1 aromatic carbocycles. The molecule has 0 aliphatic carbocycles. The predicted octanol–water partition coefficient (Wildman–Crippen LogP) is 1.35. The summed E-state index contributed by atoms with van der Waals surface area (Å²) in [6.07, 6.45) is 4.12. The fourth-order valence-corrected chi connectivity index (χ4v) is 2.06. The summed E-state index contributed by atoms with van der Waals surface area (Å²) < 4.78 is 5.58. The van der Waals surface area contributed by atoms with Gasteiger partial charge in [-0.1, -0.05) is 38.3 Å². The van der Waals surface area contributed by atoms with Gasteiger partial charge in [0.1, 0.15) is 5.75 Å². The number of amides is 1. The summed E-state index contributed by atoms with van der Waals surface area (Å²) in [5.74, 6) is -2.14. The Morgan fingerprint density at radius 2 is 1.86 bits per heavy atom. The lowest BCUT2D eigenvalue weighted by Gasteiger charge is -2.15. The van der Waals surface area contributed by atoms with Crippen molar-refractivity contribution in [3.63, 3.8) is 0 Å². The monoisotopic (exact) mass is 292 g/mol. The maximum atomic E-state index is 11.3. The average Bonchev–Trinajstić information content (AvgIpc) is 2.45. The Morgan fingerprint density at radius 3 is 2.38 bits per heavy atom. The van der Waals surface area contributed by atoms with Gasteiger partial charge in [-0.15, -0.1) is 0 Å². The molecule has 5 nitrogen and oxygen atoms in total. The Bertz CT molecular complexity index is 456. The molecule has 0 unspecified atom stereocenters. The number of nitrogens with two attached hydrogens (primary N) is 1. The molecule has 0 heterocycles. The minimum absolute atomic E-state index is 0.410. The van der Waals surface area contributed by atoms with E-state index in [1.165, 1.54) is 12.8 Å². The standard InChI is InChI=1S/C16H23NO4/c1-2-3-4-5-10-21-13-8-6-12(7-9-13)14(16(17)20)11-15(18)19/h6-9,14H,2-5,10-11H2,1H3,(H2,17,20)(H,18,19)/p-1/t14-/m1/s1. The molecule has 2 N–H and O–H groups in total. The van der Waals surface area contributed by atoms with Crippen LogP contribution in [0.25, 0.3) is 0 Å². The van der Waals surface area contributed by atoms with E-state index in [9.17, 15) is 14.7 Å². The molecule has 1 atom stereocenters. The van der Waals surface area contributed by atoms with E-state index in [1.54, 1.807) is 24.3 Å². The fourth-order valence-electron chi connectivity index (χ4n) is 2.06. The number of carbonyl (C=O) groups excluding carboxylic acids is 2. The first-order valence-electron chi connectivity index (χ1n) is 7.26. The highest BCUT2D eigenvalue weighted by Crippen LogP contribution is 2.22. The van der Waals surface area contributed by atoms with Gasteiger partial charge in [0.05, 0.1) is 12.5 Å². The van der Waals surface area contributed by atoms with Gasteiger partial charge in [-0.3, -0.25) is 4.79 Å². The molecule has 116 valence electrons. The molecule has 1 aromatic rings. The van der Waals surface area contributed by atoms with Crippen molar-refractivity contribution in [2.75, 3.05) is 6.61 Å². The molecular weight excluding hydrogens is 270 g/mol. The highest BCUT2D eigenvalue weighted by molar-refractivity contribution is 5.86. The number of hydrogen-bond acceptors (Lipinski definition) is 4. The average molecular weight is 292 g/mol. The molecule has 5 heteroatoms. The van der Waals surface area contributed by atoms with Gasteiger partial charge in [-0.05, 0) is 24.1 Å². The minimum Gasteiger partial charge on any atom is -0.550 e. The Kier molecular flexibility index (Phi) is 7.29. The molecule has 0 spiro atoms. The molecule has 0 saturated carbocycles. The second-order valence-electron chi connectivity index (χ2n) is 5.01. The number of benzene rings is 1. The molecule has 21 heavy (non-hydrogen) atoms. The van der Waals surface area contributed by atoms with Crippen LogP contribution in [0.2, 0.25) is 0 Å². The minimum atomic E-state index is -1.30. The Hall–Kier alpha value is -2.04. The first kappa shape index (κ1) is 17.0. The van der Waals surface area contributed by atoms with Crippen LogP contribution in [0.15, 0.2) is 24.3 Å². The SMILES string of the molecule is CCCCCCOc1ccc([C@@H](CC(=O)[O-])C(N)=O)cc1. The molecule has 1 rings (SSSR count). The zero-order chi connectivity index (χ0) is 15.7. The van der Waals surface area contributed by atoms with Crippen LogP contribution in [0.5, 0.6) is 5.75 Å². The summed E-state index contributed by atoms with van der Waals surface area (Å²) in [4.78, 5) is 21.9. The van der Waals surface area contributed by atoms with E-state index >= 15 is 0 Å². The highest BCUT2D eigenvalue weighted by atomic mass is 16.5. The van der Waals surface area contributed by atoms with Crippen LogP contribution in [-0.4, -0.2) is 18.5 Å². The van der Waals surface area contributed by atoms with E-state index in [2.05, 4.69) is 6.92 Å². The van der Waals surface area contributed by atoms with Crippen molar-refractivity contribution in [2.45, 2.75) is 44.9 Å². The van der Waals surface area contributed by atoms with E-state index in [4.69, 9.17) is 10.5 Å². The van der Waals surface area contributed by atoms with Crippen molar-refractivity contribution in [3.05, 3.63) is 29.8 Å². The van der Waals surface area contributed by atoms with Crippen LogP contribution in [0.1, 0.15) is 50.5 Å².